The van der Waals surface area contributed by atoms with E-state index in [0.717, 1.165) is 15.4 Å². The third-order valence-electron chi connectivity index (χ3n) is 2.22. The van der Waals surface area contributed by atoms with Gasteiger partial charge in [-0.2, -0.15) is 5.10 Å². The number of hydrogen-bond acceptors (Lipinski definition) is 2. The van der Waals surface area contributed by atoms with Gasteiger partial charge in [0.25, 0.3) is 0 Å². The molecule has 3 nitrogen and oxygen atoms in total. The van der Waals surface area contributed by atoms with Gasteiger partial charge in [0.1, 0.15) is 0 Å². The SMILES string of the molecule is NC(=S)NN=Cc1cc(Br)c2ccccc2c1. The average Bonchev–Trinajstić information content (AvgIpc) is 2.28. The second-order valence-corrected chi connectivity index (χ2v) is 4.75. The Labute approximate surface area is 113 Å². The van der Waals surface area contributed by atoms with Crippen LogP contribution < -0.4 is 11.2 Å². The van der Waals surface area contributed by atoms with Crippen molar-refractivity contribution < 1.29 is 0 Å². The van der Waals surface area contributed by atoms with E-state index >= 15 is 0 Å². The van der Waals surface area contributed by atoms with Crippen LogP contribution in [0.5, 0.6) is 0 Å². The predicted molar refractivity (Wildman–Crippen MR) is 79.2 cm³/mol. The third kappa shape index (κ3) is 3.01. The van der Waals surface area contributed by atoms with Gasteiger partial charge >= 0.3 is 0 Å². The minimum atomic E-state index is 0.154. The zero-order valence-corrected chi connectivity index (χ0v) is 11.3. The molecule has 86 valence electrons. The van der Waals surface area contributed by atoms with E-state index in [-0.39, 0.29) is 5.11 Å². The van der Waals surface area contributed by atoms with Crippen LogP contribution in [0.25, 0.3) is 10.8 Å². The zero-order chi connectivity index (χ0) is 12.3. The van der Waals surface area contributed by atoms with Crippen LogP contribution in [0, 0.1) is 0 Å². The van der Waals surface area contributed by atoms with E-state index in [0.29, 0.717) is 0 Å². The van der Waals surface area contributed by atoms with Crippen LogP contribution >= 0.6 is 28.1 Å². The van der Waals surface area contributed by atoms with Gasteiger partial charge in [-0.15, -0.1) is 0 Å². The molecule has 0 aromatic heterocycles. The number of halogens is 1. The van der Waals surface area contributed by atoms with Crippen molar-refractivity contribution in [1.29, 1.82) is 0 Å². The highest BCUT2D eigenvalue weighted by atomic mass is 79.9. The third-order valence-corrected chi connectivity index (χ3v) is 2.97. The molecule has 0 spiro atoms. The predicted octanol–water partition coefficient (Wildman–Crippen LogP) is 2.77. The van der Waals surface area contributed by atoms with E-state index in [4.69, 9.17) is 5.73 Å². The lowest BCUT2D eigenvalue weighted by atomic mass is 10.1. The molecule has 3 N–H and O–H groups in total. The number of benzene rings is 2. The fraction of sp³-hybridized carbons (Fsp3) is 0. The number of nitrogens with two attached hydrogens (primary N) is 1. The maximum absolute atomic E-state index is 5.27. The van der Waals surface area contributed by atoms with Crippen molar-refractivity contribution in [2.75, 3.05) is 0 Å². The van der Waals surface area contributed by atoms with Crippen molar-refractivity contribution in [3.63, 3.8) is 0 Å². The minimum absolute atomic E-state index is 0.154. The van der Waals surface area contributed by atoms with E-state index in [1.807, 2.05) is 24.3 Å². The van der Waals surface area contributed by atoms with E-state index in [1.54, 1.807) is 6.21 Å². The number of rotatable bonds is 2. The first-order valence-electron chi connectivity index (χ1n) is 4.93. The largest absolute Gasteiger partial charge is 0.375 e. The summed E-state index contributed by atoms with van der Waals surface area (Å²) in [5, 5.41) is 6.41. The van der Waals surface area contributed by atoms with Gasteiger partial charge in [-0.05, 0) is 40.7 Å². The lowest BCUT2D eigenvalue weighted by Gasteiger charge is -2.02. The number of hydrazone groups is 1. The van der Waals surface area contributed by atoms with E-state index < -0.39 is 0 Å². The monoisotopic (exact) mass is 307 g/mol. The molecule has 0 aliphatic rings. The molecule has 2 aromatic rings. The van der Waals surface area contributed by atoms with E-state index in [9.17, 15) is 0 Å². The van der Waals surface area contributed by atoms with E-state index in [2.05, 4.69) is 50.8 Å². The molecule has 0 radical (unpaired) electrons. The summed E-state index contributed by atoms with van der Waals surface area (Å²) in [6, 6.07) is 12.2. The molecular formula is C12H10BrN3S. The van der Waals surface area contributed by atoms with Gasteiger partial charge in [0.2, 0.25) is 0 Å². The first-order chi connectivity index (χ1) is 8.16. The summed E-state index contributed by atoms with van der Waals surface area (Å²) in [6.45, 7) is 0. The molecule has 0 atom stereocenters. The fourth-order valence-corrected chi connectivity index (χ4v) is 2.21. The number of thiocarbonyl (C=S) groups is 1. The summed E-state index contributed by atoms with van der Waals surface area (Å²) in [5.74, 6) is 0. The quantitative estimate of drug-likeness (QED) is 0.509. The number of fused-ring (bicyclic) bond motifs is 1. The molecule has 0 aliphatic heterocycles. The molecular weight excluding hydrogens is 298 g/mol. The molecule has 0 saturated heterocycles. The molecule has 2 rings (SSSR count). The standard InChI is InChI=1S/C12H10BrN3S/c13-11-6-8(7-15-16-12(14)17)5-9-3-1-2-4-10(9)11/h1-7H,(H3,14,16,17). The molecule has 0 amide bonds. The van der Waals surface area contributed by atoms with Crippen LogP contribution in [0.4, 0.5) is 0 Å². The maximum Gasteiger partial charge on any atom is 0.184 e. The average molecular weight is 308 g/mol. The van der Waals surface area contributed by atoms with Gasteiger partial charge in [-0.25, -0.2) is 0 Å². The van der Waals surface area contributed by atoms with Crippen molar-refractivity contribution in [3.05, 3.63) is 46.4 Å². The number of nitrogens with one attached hydrogen (secondary N) is 1. The van der Waals surface area contributed by atoms with Crippen LogP contribution in [0.15, 0.2) is 46.0 Å². The molecule has 0 fully saturated rings. The lowest BCUT2D eigenvalue weighted by Crippen LogP contribution is -2.23. The Hall–Kier alpha value is -1.46. The molecule has 5 heteroatoms. The summed E-state index contributed by atoms with van der Waals surface area (Å²) in [6.07, 6.45) is 1.68. The highest BCUT2D eigenvalue weighted by Gasteiger charge is 1.99. The Morgan fingerprint density at radius 3 is 2.88 bits per heavy atom. The molecule has 0 heterocycles. The molecule has 0 bridgehead atoms. The van der Waals surface area contributed by atoms with Crippen LogP contribution in [-0.4, -0.2) is 11.3 Å². The van der Waals surface area contributed by atoms with Gasteiger partial charge in [-0.1, -0.05) is 40.2 Å². The van der Waals surface area contributed by atoms with Crippen molar-refractivity contribution in [2.24, 2.45) is 10.8 Å². The van der Waals surface area contributed by atoms with Crippen molar-refractivity contribution >= 4 is 50.2 Å². The second kappa shape index (κ2) is 5.25. The van der Waals surface area contributed by atoms with Crippen LogP contribution in [0.1, 0.15) is 5.56 Å². The van der Waals surface area contributed by atoms with Crippen molar-refractivity contribution in [3.8, 4) is 0 Å². The number of nitrogens with zero attached hydrogens (tertiary/aromatic N) is 1. The Bertz CT molecular complexity index is 595. The maximum atomic E-state index is 5.27. The first kappa shape index (κ1) is 12.0. The van der Waals surface area contributed by atoms with Gasteiger partial charge in [0.05, 0.1) is 6.21 Å². The highest BCUT2D eigenvalue weighted by molar-refractivity contribution is 9.10. The van der Waals surface area contributed by atoms with E-state index in [1.165, 1.54) is 5.39 Å². The molecule has 0 unspecified atom stereocenters. The second-order valence-electron chi connectivity index (χ2n) is 3.46. The van der Waals surface area contributed by atoms with Gasteiger partial charge in [0.15, 0.2) is 5.11 Å². The van der Waals surface area contributed by atoms with Crippen molar-refractivity contribution in [1.82, 2.24) is 5.43 Å². The summed E-state index contributed by atoms with van der Waals surface area (Å²) in [4.78, 5) is 0. The fourth-order valence-electron chi connectivity index (χ4n) is 1.53. The molecule has 0 aliphatic carbocycles. The van der Waals surface area contributed by atoms with Crippen LogP contribution in [0.2, 0.25) is 0 Å². The Kier molecular flexibility index (Phi) is 3.71. The smallest absolute Gasteiger partial charge is 0.184 e. The van der Waals surface area contributed by atoms with Gasteiger partial charge in [0, 0.05) is 4.47 Å². The van der Waals surface area contributed by atoms with Gasteiger partial charge in [-0.3, -0.25) is 5.43 Å². The summed E-state index contributed by atoms with van der Waals surface area (Å²) >= 11 is 8.19. The van der Waals surface area contributed by atoms with Crippen LogP contribution in [0.3, 0.4) is 0 Å². The minimum Gasteiger partial charge on any atom is -0.375 e. The molecule has 0 saturated carbocycles. The van der Waals surface area contributed by atoms with Crippen molar-refractivity contribution in [2.45, 2.75) is 0 Å². The van der Waals surface area contributed by atoms with Gasteiger partial charge < -0.3 is 5.73 Å². The molecule has 17 heavy (non-hydrogen) atoms. The zero-order valence-electron chi connectivity index (χ0n) is 8.85. The summed E-state index contributed by atoms with van der Waals surface area (Å²) in [7, 11) is 0. The highest BCUT2D eigenvalue weighted by Crippen LogP contribution is 2.24. The Morgan fingerprint density at radius 1 is 1.35 bits per heavy atom. The summed E-state index contributed by atoms with van der Waals surface area (Å²) < 4.78 is 1.03. The normalized spacial score (nSPS) is 10.9. The summed E-state index contributed by atoms with van der Waals surface area (Å²) in [5.41, 5.74) is 8.77. The number of hydrogen-bond donors (Lipinski definition) is 2. The van der Waals surface area contributed by atoms with Crippen LogP contribution in [-0.2, 0) is 0 Å². The lowest BCUT2D eigenvalue weighted by molar-refractivity contribution is 1.04. The molecule has 2 aromatic carbocycles. The topological polar surface area (TPSA) is 50.4 Å². The first-order valence-corrected chi connectivity index (χ1v) is 6.14. The Balaban J connectivity index is 2.36. The Morgan fingerprint density at radius 2 is 2.12 bits per heavy atom.